The van der Waals surface area contributed by atoms with Crippen molar-refractivity contribution in [2.24, 2.45) is 5.10 Å². The van der Waals surface area contributed by atoms with Crippen LogP contribution in [0.3, 0.4) is 0 Å². The van der Waals surface area contributed by atoms with Gasteiger partial charge in [-0.3, -0.25) is 9.78 Å². The Morgan fingerprint density at radius 1 is 1.31 bits per heavy atom. The fraction of sp³-hybridized carbons (Fsp3) is 0.105. The van der Waals surface area contributed by atoms with Gasteiger partial charge >= 0.3 is 0 Å². The lowest BCUT2D eigenvalue weighted by Gasteiger charge is -2.07. The van der Waals surface area contributed by atoms with Gasteiger partial charge < -0.3 is 9.84 Å². The molecule has 0 aliphatic carbocycles. The van der Waals surface area contributed by atoms with Crippen LogP contribution >= 0.6 is 15.9 Å². The molecule has 0 spiro atoms. The summed E-state index contributed by atoms with van der Waals surface area (Å²) < 4.78 is 5.90. The first kappa shape index (κ1) is 17.9. The van der Waals surface area contributed by atoms with Crippen molar-refractivity contribution in [2.75, 3.05) is 7.11 Å². The fourth-order valence-electron chi connectivity index (χ4n) is 2.55. The van der Waals surface area contributed by atoms with Crippen molar-refractivity contribution in [3.8, 4) is 11.5 Å². The van der Waals surface area contributed by atoms with Gasteiger partial charge in [0.15, 0.2) is 11.5 Å². The summed E-state index contributed by atoms with van der Waals surface area (Å²) in [5, 5.41) is 14.7. The van der Waals surface area contributed by atoms with Crippen LogP contribution in [0.5, 0.6) is 11.5 Å². The van der Waals surface area contributed by atoms with Crippen molar-refractivity contribution >= 4 is 39.0 Å². The zero-order valence-corrected chi connectivity index (χ0v) is 15.7. The van der Waals surface area contributed by atoms with Crippen LogP contribution in [-0.2, 0) is 0 Å². The average molecular weight is 414 g/mol. The van der Waals surface area contributed by atoms with Gasteiger partial charge in [-0.25, -0.2) is 5.43 Å². The standard InChI is InChI=1S/C19H16BrN3O3/c1-11-8-15(14-9-13(20)6-7-16(14)22-11)19(25)23-21-10-12-4-3-5-17(26-2)18(12)24/h3-10,24H,1-2H3,(H,23,25)/b21-10+. The van der Waals surface area contributed by atoms with E-state index in [0.717, 1.165) is 21.1 Å². The van der Waals surface area contributed by atoms with Crippen LogP contribution in [0.2, 0.25) is 0 Å². The number of benzene rings is 2. The number of methoxy groups -OCH3 is 1. The van der Waals surface area contributed by atoms with E-state index in [-0.39, 0.29) is 11.7 Å². The molecule has 2 aromatic carbocycles. The molecule has 0 fully saturated rings. The quantitative estimate of drug-likeness (QED) is 0.503. The van der Waals surface area contributed by atoms with Crippen LogP contribution in [0, 0.1) is 6.92 Å². The Morgan fingerprint density at radius 3 is 2.88 bits per heavy atom. The SMILES string of the molecule is COc1cccc(/C=N/NC(=O)c2cc(C)nc3ccc(Br)cc23)c1O. The van der Waals surface area contributed by atoms with Gasteiger partial charge in [-0.05, 0) is 43.3 Å². The molecule has 3 aromatic rings. The molecule has 1 amide bonds. The van der Waals surface area contributed by atoms with Crippen LogP contribution in [0.25, 0.3) is 10.9 Å². The summed E-state index contributed by atoms with van der Waals surface area (Å²) in [4.78, 5) is 17.0. The molecule has 0 saturated heterocycles. The molecule has 132 valence electrons. The zero-order valence-electron chi connectivity index (χ0n) is 14.2. The number of nitrogens with zero attached hydrogens (tertiary/aromatic N) is 2. The molecule has 7 heteroatoms. The molecule has 0 aliphatic heterocycles. The third-order valence-corrected chi connectivity index (χ3v) is 4.26. The van der Waals surface area contributed by atoms with E-state index in [1.54, 1.807) is 24.3 Å². The Labute approximate surface area is 158 Å². The molecule has 0 unspecified atom stereocenters. The summed E-state index contributed by atoms with van der Waals surface area (Å²) in [5.41, 5.74) is 4.86. The van der Waals surface area contributed by atoms with E-state index in [2.05, 4.69) is 31.4 Å². The fourth-order valence-corrected chi connectivity index (χ4v) is 2.91. The lowest BCUT2D eigenvalue weighted by atomic mass is 10.1. The molecule has 1 heterocycles. The lowest BCUT2D eigenvalue weighted by Crippen LogP contribution is -2.18. The number of pyridine rings is 1. The molecule has 0 atom stereocenters. The Morgan fingerprint density at radius 2 is 2.12 bits per heavy atom. The van der Waals surface area contributed by atoms with Crippen LogP contribution in [0.1, 0.15) is 21.6 Å². The van der Waals surface area contributed by atoms with Crippen molar-refractivity contribution in [2.45, 2.75) is 6.92 Å². The number of hydrogen-bond donors (Lipinski definition) is 2. The number of fused-ring (bicyclic) bond motifs is 1. The van der Waals surface area contributed by atoms with E-state index in [9.17, 15) is 9.90 Å². The minimum Gasteiger partial charge on any atom is -0.504 e. The van der Waals surface area contributed by atoms with Crippen LogP contribution in [0.15, 0.2) is 52.0 Å². The number of ether oxygens (including phenoxy) is 1. The van der Waals surface area contributed by atoms with Gasteiger partial charge in [0.1, 0.15) is 0 Å². The number of phenolic OH excluding ortho intramolecular Hbond substituents is 1. The smallest absolute Gasteiger partial charge is 0.272 e. The van der Waals surface area contributed by atoms with Crippen molar-refractivity contribution in [3.63, 3.8) is 0 Å². The van der Waals surface area contributed by atoms with Crippen molar-refractivity contribution in [1.82, 2.24) is 10.4 Å². The normalized spacial score (nSPS) is 11.0. The van der Waals surface area contributed by atoms with Crippen molar-refractivity contribution in [3.05, 3.63) is 63.8 Å². The van der Waals surface area contributed by atoms with E-state index in [1.807, 2.05) is 25.1 Å². The lowest BCUT2D eigenvalue weighted by molar-refractivity contribution is 0.0956. The summed E-state index contributed by atoms with van der Waals surface area (Å²) >= 11 is 3.41. The highest BCUT2D eigenvalue weighted by Crippen LogP contribution is 2.28. The third kappa shape index (κ3) is 3.67. The number of phenols is 1. The van der Waals surface area contributed by atoms with Crippen LogP contribution < -0.4 is 10.2 Å². The molecular weight excluding hydrogens is 398 g/mol. The second-order valence-corrected chi connectivity index (χ2v) is 6.49. The van der Waals surface area contributed by atoms with Crippen molar-refractivity contribution in [1.29, 1.82) is 0 Å². The monoisotopic (exact) mass is 413 g/mol. The topological polar surface area (TPSA) is 83.8 Å². The maximum Gasteiger partial charge on any atom is 0.272 e. The minimum atomic E-state index is -0.364. The number of rotatable bonds is 4. The zero-order chi connectivity index (χ0) is 18.7. The average Bonchev–Trinajstić information content (AvgIpc) is 2.62. The van der Waals surface area contributed by atoms with Crippen LogP contribution in [0.4, 0.5) is 0 Å². The van der Waals surface area contributed by atoms with E-state index in [1.165, 1.54) is 13.3 Å². The highest BCUT2D eigenvalue weighted by Gasteiger charge is 2.12. The van der Waals surface area contributed by atoms with E-state index >= 15 is 0 Å². The number of nitrogens with one attached hydrogen (secondary N) is 1. The number of carbonyl (C=O) groups excluding carboxylic acids is 1. The van der Waals surface area contributed by atoms with Gasteiger partial charge in [0.05, 0.1) is 24.4 Å². The first-order chi connectivity index (χ1) is 12.5. The molecule has 1 aromatic heterocycles. The maximum absolute atomic E-state index is 12.6. The van der Waals surface area contributed by atoms with Gasteiger partial charge in [0, 0.05) is 21.1 Å². The Hall–Kier alpha value is -2.93. The van der Waals surface area contributed by atoms with Crippen molar-refractivity contribution < 1.29 is 14.6 Å². The molecule has 2 N–H and O–H groups in total. The number of carbonyl (C=O) groups is 1. The Kier molecular flexibility index (Phi) is 5.18. The molecule has 0 aliphatic rings. The Bertz CT molecular complexity index is 1020. The number of halogens is 1. The predicted octanol–water partition coefficient (Wildman–Crippen LogP) is 3.78. The van der Waals surface area contributed by atoms with Gasteiger partial charge in [-0.15, -0.1) is 0 Å². The second-order valence-electron chi connectivity index (χ2n) is 5.57. The van der Waals surface area contributed by atoms with Gasteiger partial charge in [-0.2, -0.15) is 5.10 Å². The van der Waals surface area contributed by atoms with E-state index in [4.69, 9.17) is 4.74 Å². The number of aromatic hydroxyl groups is 1. The summed E-state index contributed by atoms with van der Waals surface area (Å²) in [6.45, 7) is 1.83. The number of aryl methyl sites for hydroxylation is 1. The molecular formula is C19H16BrN3O3. The number of aromatic nitrogens is 1. The van der Waals surface area contributed by atoms with Gasteiger partial charge in [0.2, 0.25) is 0 Å². The maximum atomic E-state index is 12.6. The predicted molar refractivity (Wildman–Crippen MR) is 104 cm³/mol. The summed E-state index contributed by atoms with van der Waals surface area (Å²) in [5.74, 6) is -0.0692. The summed E-state index contributed by atoms with van der Waals surface area (Å²) in [7, 11) is 1.47. The number of hydrogen-bond acceptors (Lipinski definition) is 5. The Balaban J connectivity index is 1.87. The first-order valence-electron chi connectivity index (χ1n) is 7.76. The highest BCUT2D eigenvalue weighted by atomic mass is 79.9. The second kappa shape index (κ2) is 7.53. The highest BCUT2D eigenvalue weighted by molar-refractivity contribution is 9.10. The number of amides is 1. The number of hydrazone groups is 1. The van der Waals surface area contributed by atoms with Crippen LogP contribution in [-0.4, -0.2) is 29.3 Å². The van der Waals surface area contributed by atoms with Gasteiger partial charge in [-0.1, -0.05) is 22.0 Å². The summed E-state index contributed by atoms with van der Waals surface area (Å²) in [6, 6.07) is 12.3. The first-order valence-corrected chi connectivity index (χ1v) is 8.55. The third-order valence-electron chi connectivity index (χ3n) is 3.76. The molecule has 6 nitrogen and oxygen atoms in total. The molecule has 26 heavy (non-hydrogen) atoms. The summed E-state index contributed by atoms with van der Waals surface area (Å²) in [6.07, 6.45) is 1.36. The molecule has 0 bridgehead atoms. The van der Waals surface area contributed by atoms with E-state index < -0.39 is 0 Å². The number of para-hydroxylation sites is 1. The molecule has 0 radical (unpaired) electrons. The van der Waals surface area contributed by atoms with E-state index in [0.29, 0.717) is 16.9 Å². The largest absolute Gasteiger partial charge is 0.504 e. The molecule has 0 saturated carbocycles. The van der Waals surface area contributed by atoms with Gasteiger partial charge in [0.25, 0.3) is 5.91 Å². The minimum absolute atomic E-state index is 0.0397. The molecule has 3 rings (SSSR count).